The fourth-order valence-corrected chi connectivity index (χ4v) is 2.36. The molecule has 0 N–H and O–H groups in total. The van der Waals surface area contributed by atoms with Gasteiger partial charge in [0, 0.05) is 24.0 Å². The molecule has 25 heavy (non-hydrogen) atoms. The molecule has 0 nitrogen and oxygen atoms in total. The Bertz CT molecular complexity index is 782. The fourth-order valence-electron chi connectivity index (χ4n) is 2.11. The minimum atomic E-state index is -0.434. The highest BCUT2D eigenvalue weighted by Crippen LogP contribution is 2.15. The maximum Gasteiger partial charge on any atom is 0.138 e. The van der Waals surface area contributed by atoms with Gasteiger partial charge in [-0.25, -0.2) is 8.78 Å². The van der Waals surface area contributed by atoms with Crippen LogP contribution < -0.4 is 5.46 Å². The zero-order chi connectivity index (χ0) is 18.1. The van der Waals surface area contributed by atoms with Crippen molar-refractivity contribution in [2.75, 3.05) is 0 Å². The van der Waals surface area contributed by atoms with Gasteiger partial charge in [0.1, 0.15) is 19.5 Å². The highest BCUT2D eigenvalue weighted by Gasteiger charge is 1.98. The average molecular weight is 397 g/mol. The van der Waals surface area contributed by atoms with Crippen LogP contribution in [0.15, 0.2) is 40.9 Å². The van der Waals surface area contributed by atoms with Gasteiger partial charge in [0.2, 0.25) is 0 Å². The quantitative estimate of drug-likeness (QED) is 0.392. The summed E-state index contributed by atoms with van der Waals surface area (Å²) in [6, 6.07) is 9.46. The number of halogens is 3. The van der Waals surface area contributed by atoms with Crippen LogP contribution in [0.25, 0.3) is 0 Å². The first kappa shape index (κ1) is 19.3. The van der Waals surface area contributed by atoms with Crippen LogP contribution in [0, 0.1) is 35.3 Å². The molecular formula is C21H16BBrF2. The maximum absolute atomic E-state index is 13.3. The van der Waals surface area contributed by atoms with Crippen LogP contribution in [0.1, 0.15) is 43.2 Å². The van der Waals surface area contributed by atoms with E-state index < -0.39 is 5.82 Å². The van der Waals surface area contributed by atoms with Crippen molar-refractivity contribution < 1.29 is 8.78 Å². The van der Waals surface area contributed by atoms with Crippen LogP contribution >= 0.6 is 15.9 Å². The molecule has 2 aromatic carbocycles. The molecule has 0 aliphatic rings. The van der Waals surface area contributed by atoms with Crippen LogP contribution in [0.2, 0.25) is 0 Å². The zero-order valence-corrected chi connectivity index (χ0v) is 15.3. The van der Waals surface area contributed by atoms with Gasteiger partial charge in [-0.3, -0.25) is 0 Å². The third-order valence-electron chi connectivity index (χ3n) is 3.49. The molecule has 0 unspecified atom stereocenters. The SMILES string of the molecule is [B]c1ccc(C#CCCCCCC#Cc2ccc(Br)c(F)c2)cc1F. The van der Waals surface area contributed by atoms with Crippen molar-refractivity contribution in [2.24, 2.45) is 0 Å². The molecule has 0 amide bonds. The molecule has 0 aliphatic carbocycles. The Morgan fingerprint density at radius 3 is 1.92 bits per heavy atom. The topological polar surface area (TPSA) is 0 Å². The summed E-state index contributed by atoms with van der Waals surface area (Å²) in [6.45, 7) is 0. The third kappa shape index (κ3) is 6.77. The van der Waals surface area contributed by atoms with Gasteiger partial charge in [-0.2, -0.15) is 0 Å². The molecule has 2 rings (SSSR count). The van der Waals surface area contributed by atoms with Crippen molar-refractivity contribution in [3.63, 3.8) is 0 Å². The molecule has 2 aromatic rings. The van der Waals surface area contributed by atoms with E-state index in [0.717, 1.165) is 32.1 Å². The smallest absolute Gasteiger partial charge is 0.138 e. The van der Waals surface area contributed by atoms with Gasteiger partial charge in [-0.15, -0.1) is 0 Å². The van der Waals surface area contributed by atoms with E-state index in [2.05, 4.69) is 39.6 Å². The van der Waals surface area contributed by atoms with E-state index in [1.807, 2.05) is 0 Å². The molecule has 0 bridgehead atoms. The van der Waals surface area contributed by atoms with E-state index in [0.29, 0.717) is 15.6 Å². The standard InChI is InChI=1S/C21H16BBrF2/c22-18-12-10-16(14-20(18)24)8-6-4-2-1-3-5-7-9-17-11-13-19(23)21(25)15-17/h10-15H,1-5H2. The van der Waals surface area contributed by atoms with Crippen molar-refractivity contribution in [3.05, 3.63) is 63.6 Å². The van der Waals surface area contributed by atoms with Crippen LogP contribution in [-0.2, 0) is 0 Å². The second kappa shape index (κ2) is 10.1. The van der Waals surface area contributed by atoms with Crippen molar-refractivity contribution in [1.29, 1.82) is 0 Å². The Hall–Kier alpha value is -2.04. The van der Waals surface area contributed by atoms with E-state index in [4.69, 9.17) is 7.85 Å². The van der Waals surface area contributed by atoms with Gasteiger partial charge in [-0.1, -0.05) is 41.6 Å². The van der Waals surface area contributed by atoms with Crippen molar-refractivity contribution in [1.82, 2.24) is 0 Å². The molecular weight excluding hydrogens is 381 g/mol. The predicted octanol–water partition coefficient (Wildman–Crippen LogP) is 4.87. The molecule has 4 heteroatoms. The van der Waals surface area contributed by atoms with Crippen LogP contribution in [0.5, 0.6) is 0 Å². The Morgan fingerprint density at radius 1 is 0.800 bits per heavy atom. The summed E-state index contributed by atoms with van der Waals surface area (Å²) in [5.74, 6) is 11.3. The van der Waals surface area contributed by atoms with Crippen LogP contribution in [0.4, 0.5) is 8.78 Å². The van der Waals surface area contributed by atoms with Gasteiger partial charge < -0.3 is 0 Å². The summed E-state index contributed by atoms with van der Waals surface area (Å²) < 4.78 is 27.0. The number of hydrogen-bond acceptors (Lipinski definition) is 0. The van der Waals surface area contributed by atoms with E-state index >= 15 is 0 Å². The predicted molar refractivity (Wildman–Crippen MR) is 103 cm³/mol. The largest absolute Gasteiger partial charge is 0.208 e. The number of rotatable bonds is 4. The lowest BCUT2D eigenvalue weighted by atomic mass is 9.94. The van der Waals surface area contributed by atoms with Crippen molar-refractivity contribution in [2.45, 2.75) is 32.1 Å². The summed E-state index contributed by atoms with van der Waals surface area (Å²) in [6.07, 6.45) is 4.50. The molecule has 0 saturated heterocycles. The molecule has 0 aliphatic heterocycles. The molecule has 124 valence electrons. The van der Waals surface area contributed by atoms with Crippen molar-refractivity contribution in [3.8, 4) is 23.7 Å². The molecule has 0 spiro atoms. The summed E-state index contributed by atoms with van der Waals surface area (Å²) >= 11 is 3.12. The molecule has 0 heterocycles. The van der Waals surface area contributed by atoms with E-state index in [1.165, 1.54) is 18.2 Å². The Balaban J connectivity index is 1.66. The summed E-state index contributed by atoms with van der Waals surface area (Å²) in [7, 11) is 5.42. The monoisotopic (exact) mass is 396 g/mol. The van der Waals surface area contributed by atoms with Gasteiger partial charge in [0.25, 0.3) is 0 Å². The first-order valence-corrected chi connectivity index (χ1v) is 8.83. The zero-order valence-electron chi connectivity index (χ0n) is 13.7. The lowest BCUT2D eigenvalue weighted by Crippen LogP contribution is -2.07. The Morgan fingerprint density at radius 2 is 1.36 bits per heavy atom. The van der Waals surface area contributed by atoms with Crippen LogP contribution in [-0.4, -0.2) is 7.85 Å². The average Bonchev–Trinajstić information content (AvgIpc) is 2.59. The van der Waals surface area contributed by atoms with Gasteiger partial charge in [0.15, 0.2) is 0 Å². The van der Waals surface area contributed by atoms with E-state index in [-0.39, 0.29) is 11.3 Å². The van der Waals surface area contributed by atoms with Crippen molar-refractivity contribution >= 4 is 29.2 Å². The highest BCUT2D eigenvalue weighted by atomic mass is 79.9. The molecule has 2 radical (unpaired) electrons. The minimum Gasteiger partial charge on any atom is -0.208 e. The Labute approximate surface area is 157 Å². The lowest BCUT2D eigenvalue weighted by molar-refractivity contribution is 0.620. The third-order valence-corrected chi connectivity index (χ3v) is 4.13. The number of unbranched alkanes of at least 4 members (excludes halogenated alkanes) is 4. The fraction of sp³-hybridized carbons (Fsp3) is 0.238. The first-order valence-electron chi connectivity index (χ1n) is 8.04. The second-order valence-corrected chi connectivity index (χ2v) is 6.38. The molecule has 0 aromatic heterocycles. The van der Waals surface area contributed by atoms with Gasteiger partial charge in [0.05, 0.1) is 4.47 Å². The van der Waals surface area contributed by atoms with Gasteiger partial charge >= 0.3 is 0 Å². The van der Waals surface area contributed by atoms with Gasteiger partial charge in [-0.05, 0) is 59.1 Å². The molecule has 0 atom stereocenters. The normalized spacial score (nSPS) is 9.72. The summed E-state index contributed by atoms with van der Waals surface area (Å²) in [4.78, 5) is 0. The molecule has 0 fully saturated rings. The Kier molecular flexibility index (Phi) is 7.77. The molecule has 0 saturated carbocycles. The second-order valence-electron chi connectivity index (χ2n) is 5.53. The maximum atomic E-state index is 13.3. The number of hydrogen-bond donors (Lipinski definition) is 0. The minimum absolute atomic E-state index is 0.137. The van der Waals surface area contributed by atoms with Crippen LogP contribution in [0.3, 0.4) is 0 Å². The van der Waals surface area contributed by atoms with E-state index in [9.17, 15) is 8.78 Å². The number of benzene rings is 2. The summed E-state index contributed by atoms with van der Waals surface area (Å²) in [5.41, 5.74) is 1.46. The van der Waals surface area contributed by atoms with E-state index in [1.54, 1.807) is 18.2 Å². The lowest BCUT2D eigenvalue weighted by Gasteiger charge is -1.96. The first-order chi connectivity index (χ1) is 12.1. The summed E-state index contributed by atoms with van der Waals surface area (Å²) in [5, 5.41) is 0. The highest BCUT2D eigenvalue weighted by molar-refractivity contribution is 9.10.